The Morgan fingerprint density at radius 3 is 2.54 bits per heavy atom. The van der Waals surface area contributed by atoms with Crippen LogP contribution in [0.25, 0.3) is 11.3 Å². The van der Waals surface area contributed by atoms with Crippen LogP contribution in [-0.2, 0) is 4.79 Å². The summed E-state index contributed by atoms with van der Waals surface area (Å²) in [6.45, 7) is 1.78. The quantitative estimate of drug-likeness (QED) is 0.373. The highest BCUT2D eigenvalue weighted by molar-refractivity contribution is 8.00. The number of aromatic nitrogens is 1. The van der Waals surface area contributed by atoms with E-state index < -0.39 is 4.92 Å². The van der Waals surface area contributed by atoms with Gasteiger partial charge in [0.2, 0.25) is 5.91 Å². The number of nitro benzene ring substituents is 1. The number of hydrogen-bond donors (Lipinski definition) is 1. The third-order valence-electron chi connectivity index (χ3n) is 3.53. The van der Waals surface area contributed by atoms with E-state index in [4.69, 9.17) is 0 Å². The molecular formula is C18H15N3O3S2. The number of thioether (sulfide) groups is 1. The minimum Gasteiger partial charge on any atom is -0.301 e. The Hall–Kier alpha value is -2.71. The topological polar surface area (TPSA) is 85.1 Å². The van der Waals surface area contributed by atoms with Crippen molar-refractivity contribution in [2.45, 2.75) is 17.1 Å². The highest BCUT2D eigenvalue weighted by Gasteiger charge is 2.17. The van der Waals surface area contributed by atoms with Gasteiger partial charge in [0.25, 0.3) is 5.69 Å². The van der Waals surface area contributed by atoms with Gasteiger partial charge in [-0.05, 0) is 19.1 Å². The van der Waals surface area contributed by atoms with Crippen molar-refractivity contribution in [3.8, 4) is 11.3 Å². The first-order valence-electron chi connectivity index (χ1n) is 7.76. The molecule has 0 aliphatic heterocycles. The fourth-order valence-electron chi connectivity index (χ4n) is 2.18. The van der Waals surface area contributed by atoms with Gasteiger partial charge in [0.15, 0.2) is 5.13 Å². The van der Waals surface area contributed by atoms with E-state index >= 15 is 0 Å². The molecule has 132 valence electrons. The minimum atomic E-state index is -0.447. The Morgan fingerprint density at radius 2 is 1.88 bits per heavy atom. The second-order valence-electron chi connectivity index (χ2n) is 5.40. The van der Waals surface area contributed by atoms with Gasteiger partial charge in [0.05, 0.1) is 15.9 Å². The number of thiazole rings is 1. The molecule has 1 N–H and O–H groups in total. The van der Waals surface area contributed by atoms with Gasteiger partial charge in [-0.1, -0.05) is 30.3 Å². The molecule has 0 aliphatic carbocycles. The number of anilines is 1. The van der Waals surface area contributed by atoms with Crippen molar-refractivity contribution in [1.82, 2.24) is 4.98 Å². The summed E-state index contributed by atoms with van der Waals surface area (Å²) in [6.07, 6.45) is 0. The zero-order chi connectivity index (χ0) is 18.5. The zero-order valence-electron chi connectivity index (χ0n) is 13.8. The average molecular weight is 385 g/mol. The largest absolute Gasteiger partial charge is 0.301 e. The molecule has 3 rings (SSSR count). The minimum absolute atomic E-state index is 0.0303. The van der Waals surface area contributed by atoms with Gasteiger partial charge in [-0.25, -0.2) is 4.98 Å². The van der Waals surface area contributed by atoms with Gasteiger partial charge >= 0.3 is 0 Å². The molecule has 0 aliphatic rings. The van der Waals surface area contributed by atoms with Crippen LogP contribution in [0.3, 0.4) is 0 Å². The van der Waals surface area contributed by atoms with Crippen LogP contribution in [0.4, 0.5) is 10.8 Å². The van der Waals surface area contributed by atoms with Crippen LogP contribution in [0.15, 0.2) is 64.9 Å². The van der Waals surface area contributed by atoms with E-state index in [1.807, 2.05) is 35.7 Å². The SMILES string of the molecule is C[C@@H](Sc1ccc([N+](=O)[O-])cc1)C(=O)Nc1nc(-c2ccccc2)cs1. The maximum Gasteiger partial charge on any atom is 0.269 e. The molecule has 26 heavy (non-hydrogen) atoms. The van der Waals surface area contributed by atoms with Crippen LogP contribution >= 0.6 is 23.1 Å². The van der Waals surface area contributed by atoms with Crippen molar-refractivity contribution < 1.29 is 9.72 Å². The van der Waals surface area contributed by atoms with E-state index in [0.717, 1.165) is 16.2 Å². The summed E-state index contributed by atoms with van der Waals surface area (Å²) in [5.74, 6) is -0.165. The third-order valence-corrected chi connectivity index (χ3v) is 5.40. The first kappa shape index (κ1) is 18.1. The number of nitrogens with zero attached hydrogens (tertiary/aromatic N) is 2. The number of nitro groups is 1. The summed E-state index contributed by atoms with van der Waals surface area (Å²) in [5, 5.41) is 15.6. The van der Waals surface area contributed by atoms with Crippen LogP contribution in [-0.4, -0.2) is 21.1 Å². The zero-order valence-corrected chi connectivity index (χ0v) is 15.4. The second kappa shape index (κ2) is 8.11. The fourth-order valence-corrected chi connectivity index (χ4v) is 3.77. The standard InChI is InChI=1S/C18H15N3O3S2/c1-12(26-15-9-7-14(8-10-15)21(23)24)17(22)20-18-19-16(11-25-18)13-5-3-2-4-6-13/h2-12H,1H3,(H,19,20,22)/t12-/m1/s1. The number of carbonyl (C=O) groups excluding carboxylic acids is 1. The van der Waals surface area contributed by atoms with Crippen molar-refractivity contribution in [2.24, 2.45) is 0 Å². The van der Waals surface area contributed by atoms with Gasteiger partial charge in [0, 0.05) is 28.0 Å². The Labute approximate surface area is 158 Å². The fraction of sp³-hybridized carbons (Fsp3) is 0.111. The highest BCUT2D eigenvalue weighted by Crippen LogP contribution is 2.28. The molecule has 0 saturated heterocycles. The van der Waals surface area contributed by atoms with Crippen molar-refractivity contribution in [3.05, 3.63) is 70.1 Å². The molecule has 1 aromatic heterocycles. The molecule has 0 spiro atoms. The number of rotatable bonds is 6. The summed E-state index contributed by atoms with van der Waals surface area (Å²) < 4.78 is 0. The first-order valence-corrected chi connectivity index (χ1v) is 9.52. The van der Waals surface area contributed by atoms with Gasteiger partial charge in [-0.3, -0.25) is 14.9 Å². The maximum absolute atomic E-state index is 12.4. The van der Waals surface area contributed by atoms with Crippen molar-refractivity contribution in [2.75, 3.05) is 5.32 Å². The van der Waals surface area contributed by atoms with Crippen LogP contribution < -0.4 is 5.32 Å². The number of non-ortho nitro benzene ring substituents is 1. The molecule has 0 radical (unpaired) electrons. The van der Waals surface area contributed by atoms with E-state index in [1.54, 1.807) is 19.1 Å². The smallest absolute Gasteiger partial charge is 0.269 e. The van der Waals surface area contributed by atoms with Crippen LogP contribution in [0.2, 0.25) is 0 Å². The lowest BCUT2D eigenvalue weighted by Crippen LogP contribution is -2.22. The number of nitrogens with one attached hydrogen (secondary N) is 1. The molecule has 0 unspecified atom stereocenters. The predicted octanol–water partition coefficient (Wildman–Crippen LogP) is 4.84. The van der Waals surface area contributed by atoms with Crippen molar-refractivity contribution >= 4 is 39.8 Å². The van der Waals surface area contributed by atoms with Gasteiger partial charge in [0.1, 0.15) is 0 Å². The predicted molar refractivity (Wildman–Crippen MR) is 105 cm³/mol. The Balaban J connectivity index is 1.61. The normalized spacial score (nSPS) is 11.7. The number of benzene rings is 2. The first-order chi connectivity index (χ1) is 12.5. The Bertz CT molecular complexity index is 911. The summed E-state index contributed by atoms with van der Waals surface area (Å²) >= 11 is 2.71. The van der Waals surface area contributed by atoms with Crippen LogP contribution in [0.5, 0.6) is 0 Å². The molecule has 8 heteroatoms. The molecule has 2 aromatic carbocycles. The monoisotopic (exact) mass is 385 g/mol. The van der Waals surface area contributed by atoms with Crippen LogP contribution in [0, 0.1) is 10.1 Å². The second-order valence-corrected chi connectivity index (χ2v) is 7.68. The summed E-state index contributed by atoms with van der Waals surface area (Å²) in [5.41, 5.74) is 1.85. The molecule has 3 aromatic rings. The third kappa shape index (κ3) is 4.47. The number of carbonyl (C=O) groups is 1. The molecule has 0 bridgehead atoms. The molecule has 0 fully saturated rings. The summed E-state index contributed by atoms with van der Waals surface area (Å²) in [6, 6.07) is 15.9. The lowest BCUT2D eigenvalue weighted by atomic mass is 10.2. The number of amides is 1. The van der Waals surface area contributed by atoms with E-state index in [1.165, 1.54) is 35.2 Å². The molecule has 1 heterocycles. The Morgan fingerprint density at radius 1 is 1.19 bits per heavy atom. The number of hydrogen-bond acceptors (Lipinski definition) is 6. The van der Waals surface area contributed by atoms with Crippen LogP contribution in [0.1, 0.15) is 6.92 Å². The summed E-state index contributed by atoms with van der Waals surface area (Å²) in [4.78, 5) is 27.8. The van der Waals surface area contributed by atoms with E-state index in [9.17, 15) is 14.9 Å². The van der Waals surface area contributed by atoms with E-state index in [2.05, 4.69) is 10.3 Å². The summed E-state index contributed by atoms with van der Waals surface area (Å²) in [7, 11) is 0. The molecule has 1 atom stereocenters. The average Bonchev–Trinajstić information content (AvgIpc) is 3.11. The van der Waals surface area contributed by atoms with Crippen molar-refractivity contribution in [1.29, 1.82) is 0 Å². The van der Waals surface area contributed by atoms with E-state index in [-0.39, 0.29) is 16.8 Å². The van der Waals surface area contributed by atoms with Gasteiger partial charge in [-0.15, -0.1) is 23.1 Å². The Kier molecular flexibility index (Phi) is 5.65. The molecular weight excluding hydrogens is 370 g/mol. The van der Waals surface area contributed by atoms with Gasteiger partial charge in [-0.2, -0.15) is 0 Å². The maximum atomic E-state index is 12.4. The van der Waals surface area contributed by atoms with E-state index in [0.29, 0.717) is 5.13 Å². The molecule has 6 nitrogen and oxygen atoms in total. The van der Waals surface area contributed by atoms with Gasteiger partial charge < -0.3 is 5.32 Å². The van der Waals surface area contributed by atoms with Crippen molar-refractivity contribution in [3.63, 3.8) is 0 Å². The lowest BCUT2D eigenvalue weighted by molar-refractivity contribution is -0.384. The molecule has 1 amide bonds. The highest BCUT2D eigenvalue weighted by atomic mass is 32.2. The lowest BCUT2D eigenvalue weighted by Gasteiger charge is -2.10. The molecule has 0 saturated carbocycles.